The Labute approximate surface area is 159 Å². The Morgan fingerprint density at radius 2 is 1.07 bits per heavy atom. The molecule has 0 atom stereocenters. The number of hydrogen-bond acceptors (Lipinski definition) is 7. The second kappa shape index (κ2) is 14.2. The summed E-state index contributed by atoms with van der Waals surface area (Å²) in [6.07, 6.45) is 0. The normalized spacial score (nSPS) is 19.5. The molecule has 1 heterocycles. The van der Waals surface area contributed by atoms with Crippen molar-refractivity contribution in [2.75, 3.05) is 84.1 Å². The second-order valence-electron chi connectivity index (χ2n) is 5.75. The molecule has 0 aromatic heterocycles. The van der Waals surface area contributed by atoms with Crippen LogP contribution in [0.15, 0.2) is 29.4 Å². The molecule has 0 aliphatic carbocycles. The van der Waals surface area contributed by atoms with Gasteiger partial charge in [0.25, 0.3) is 0 Å². The first kappa shape index (κ1) is 21.4. The zero-order valence-corrected chi connectivity index (χ0v) is 15.6. The zero-order chi connectivity index (χ0) is 19.0. The Kier molecular flexibility index (Phi) is 11.3. The van der Waals surface area contributed by atoms with Gasteiger partial charge in [0.1, 0.15) is 0 Å². The van der Waals surface area contributed by atoms with Crippen molar-refractivity contribution >= 4 is 11.4 Å². The van der Waals surface area contributed by atoms with Crippen molar-refractivity contribution in [3.8, 4) is 0 Å². The van der Waals surface area contributed by atoms with Gasteiger partial charge in [-0.1, -0.05) is 17.2 Å². The molecule has 1 saturated heterocycles. The number of rotatable bonds is 2. The van der Waals surface area contributed by atoms with Crippen LogP contribution in [0.4, 0.5) is 11.4 Å². The lowest BCUT2D eigenvalue weighted by Crippen LogP contribution is -2.31. The third kappa shape index (κ3) is 9.58. The van der Waals surface area contributed by atoms with Gasteiger partial charge in [-0.25, -0.2) is 0 Å². The van der Waals surface area contributed by atoms with Gasteiger partial charge in [-0.3, -0.25) is 0 Å². The fourth-order valence-electron chi connectivity index (χ4n) is 2.48. The van der Waals surface area contributed by atoms with Crippen molar-refractivity contribution < 1.29 is 23.7 Å². The molecule has 1 aliphatic heterocycles. The fraction of sp³-hybridized carbons (Fsp3) is 0.667. The molecule has 27 heavy (non-hydrogen) atoms. The van der Waals surface area contributed by atoms with E-state index in [1.165, 1.54) is 0 Å². The molecule has 9 heteroatoms. The number of nitrogens with zero attached hydrogens (tertiary/aromatic N) is 4. The maximum Gasteiger partial charge on any atom is 0.0701 e. The van der Waals surface area contributed by atoms with Crippen LogP contribution < -0.4 is 4.90 Å². The van der Waals surface area contributed by atoms with Crippen LogP contribution in [0.25, 0.3) is 10.4 Å². The lowest BCUT2D eigenvalue weighted by Gasteiger charge is -2.25. The number of benzene rings is 1. The summed E-state index contributed by atoms with van der Waals surface area (Å²) < 4.78 is 27.6. The largest absolute Gasteiger partial charge is 0.377 e. The van der Waals surface area contributed by atoms with Crippen LogP contribution in [0.5, 0.6) is 0 Å². The van der Waals surface area contributed by atoms with E-state index in [0.717, 1.165) is 18.8 Å². The predicted molar refractivity (Wildman–Crippen MR) is 102 cm³/mol. The van der Waals surface area contributed by atoms with Crippen molar-refractivity contribution in [2.24, 2.45) is 5.11 Å². The Hall–Kier alpha value is -1.87. The summed E-state index contributed by atoms with van der Waals surface area (Å²) in [7, 11) is 0. The first-order valence-electron chi connectivity index (χ1n) is 9.19. The first-order valence-corrected chi connectivity index (χ1v) is 9.19. The molecule has 150 valence electrons. The Balaban J connectivity index is 1.85. The molecule has 0 amide bonds. The van der Waals surface area contributed by atoms with Crippen LogP contribution in [0.3, 0.4) is 0 Å². The van der Waals surface area contributed by atoms with E-state index < -0.39 is 0 Å². The van der Waals surface area contributed by atoms with Crippen molar-refractivity contribution in [3.05, 3.63) is 34.7 Å². The van der Waals surface area contributed by atoms with E-state index >= 15 is 0 Å². The smallest absolute Gasteiger partial charge is 0.0701 e. The zero-order valence-electron chi connectivity index (χ0n) is 15.6. The molecule has 1 fully saturated rings. The van der Waals surface area contributed by atoms with E-state index in [-0.39, 0.29) is 0 Å². The maximum absolute atomic E-state index is 8.51. The average Bonchev–Trinajstić information content (AvgIpc) is 2.69. The highest BCUT2D eigenvalue weighted by Crippen LogP contribution is 2.19. The van der Waals surface area contributed by atoms with Crippen LogP contribution in [0.2, 0.25) is 0 Å². The van der Waals surface area contributed by atoms with Gasteiger partial charge in [-0.05, 0) is 17.7 Å². The van der Waals surface area contributed by atoms with Crippen LogP contribution in [0, 0.1) is 0 Å². The van der Waals surface area contributed by atoms with E-state index in [2.05, 4.69) is 14.9 Å². The van der Waals surface area contributed by atoms with Gasteiger partial charge in [-0.15, -0.1) is 0 Å². The van der Waals surface area contributed by atoms with Gasteiger partial charge in [0.2, 0.25) is 0 Å². The van der Waals surface area contributed by atoms with Gasteiger partial charge in [0, 0.05) is 29.4 Å². The molecule has 1 aromatic rings. The Bertz CT molecular complexity index is 533. The number of azide groups is 1. The summed E-state index contributed by atoms with van der Waals surface area (Å²) in [5, 5.41) is 3.60. The van der Waals surface area contributed by atoms with Crippen molar-refractivity contribution in [1.82, 2.24) is 0 Å². The summed E-state index contributed by atoms with van der Waals surface area (Å²) >= 11 is 0. The molecule has 0 radical (unpaired) electrons. The molecule has 1 aliphatic rings. The Morgan fingerprint density at radius 1 is 0.667 bits per heavy atom. The average molecular weight is 380 g/mol. The topological polar surface area (TPSA) is 98.2 Å². The second-order valence-corrected chi connectivity index (χ2v) is 5.75. The highest BCUT2D eigenvalue weighted by molar-refractivity contribution is 5.52. The molecule has 1 aromatic carbocycles. The van der Waals surface area contributed by atoms with Crippen LogP contribution in [0.1, 0.15) is 0 Å². The summed E-state index contributed by atoms with van der Waals surface area (Å²) in [5.41, 5.74) is 10.1. The molecule has 0 saturated carbocycles. The monoisotopic (exact) mass is 380 g/mol. The Morgan fingerprint density at radius 3 is 1.48 bits per heavy atom. The van der Waals surface area contributed by atoms with Crippen LogP contribution >= 0.6 is 0 Å². The van der Waals surface area contributed by atoms with E-state index in [1.807, 2.05) is 12.1 Å². The molecular weight excluding hydrogens is 352 g/mol. The van der Waals surface area contributed by atoms with Crippen LogP contribution in [-0.4, -0.2) is 79.2 Å². The van der Waals surface area contributed by atoms with Crippen molar-refractivity contribution in [1.29, 1.82) is 0 Å². The first-order chi connectivity index (χ1) is 13.4. The van der Waals surface area contributed by atoms with Gasteiger partial charge >= 0.3 is 0 Å². The van der Waals surface area contributed by atoms with Gasteiger partial charge in [-0.2, -0.15) is 0 Å². The molecule has 0 N–H and O–H groups in total. The summed E-state index contributed by atoms with van der Waals surface area (Å²) in [4.78, 5) is 4.98. The minimum Gasteiger partial charge on any atom is -0.377 e. The quantitative estimate of drug-likeness (QED) is 0.444. The highest BCUT2D eigenvalue weighted by atomic mass is 16.6. The fourth-order valence-corrected chi connectivity index (χ4v) is 2.48. The van der Waals surface area contributed by atoms with Gasteiger partial charge in [0.05, 0.1) is 66.1 Å². The summed E-state index contributed by atoms with van der Waals surface area (Å²) in [6, 6.07) is 7.46. The van der Waals surface area contributed by atoms with Gasteiger partial charge < -0.3 is 28.6 Å². The summed E-state index contributed by atoms with van der Waals surface area (Å²) in [5.74, 6) is 0. The standard InChI is InChI=1S/C18H28N4O5/c19-21-20-17-1-3-18(4-2-17)22-5-7-23-9-11-25-13-15-27-16-14-26-12-10-24-8-6-22/h1-4H,5-16H2. The molecule has 0 bridgehead atoms. The molecule has 0 unspecified atom stereocenters. The van der Waals surface area contributed by atoms with Crippen molar-refractivity contribution in [3.63, 3.8) is 0 Å². The van der Waals surface area contributed by atoms with E-state index in [0.29, 0.717) is 71.8 Å². The predicted octanol–water partition coefficient (Wildman–Crippen LogP) is 2.53. The highest BCUT2D eigenvalue weighted by Gasteiger charge is 2.07. The molecule has 0 spiro atoms. The van der Waals surface area contributed by atoms with E-state index in [1.54, 1.807) is 12.1 Å². The summed E-state index contributed by atoms with van der Waals surface area (Å²) in [6.45, 7) is 7.02. The minimum absolute atomic E-state index is 0.545. The lowest BCUT2D eigenvalue weighted by atomic mass is 10.2. The van der Waals surface area contributed by atoms with Crippen LogP contribution in [-0.2, 0) is 23.7 Å². The third-order valence-electron chi connectivity index (χ3n) is 3.87. The van der Waals surface area contributed by atoms with E-state index in [4.69, 9.17) is 29.2 Å². The maximum atomic E-state index is 8.51. The van der Waals surface area contributed by atoms with E-state index in [9.17, 15) is 0 Å². The number of ether oxygens (including phenoxy) is 5. The number of anilines is 1. The SMILES string of the molecule is [N-]=[N+]=Nc1ccc(N2CCOCCOCCOCCOCCOCC2)cc1. The lowest BCUT2D eigenvalue weighted by molar-refractivity contribution is -0.0116. The third-order valence-corrected chi connectivity index (χ3v) is 3.87. The molecule has 2 rings (SSSR count). The van der Waals surface area contributed by atoms with Crippen molar-refractivity contribution in [2.45, 2.75) is 0 Å². The number of hydrogen-bond donors (Lipinski definition) is 0. The van der Waals surface area contributed by atoms with Gasteiger partial charge in [0.15, 0.2) is 0 Å². The molecular formula is C18H28N4O5. The minimum atomic E-state index is 0.545. The molecule has 9 nitrogen and oxygen atoms in total.